The lowest BCUT2D eigenvalue weighted by Crippen LogP contribution is -2.38. The molecule has 1 saturated heterocycles. The summed E-state index contributed by atoms with van der Waals surface area (Å²) in [5.41, 5.74) is 1.82. The number of ether oxygens (including phenoxy) is 2. The van der Waals surface area contributed by atoms with E-state index in [2.05, 4.69) is 27.9 Å². The second-order valence-electron chi connectivity index (χ2n) is 7.69. The lowest BCUT2D eigenvalue weighted by molar-refractivity contribution is -0.124. The number of carbonyl (C=O) groups excluding carboxylic acids is 1. The van der Waals surface area contributed by atoms with Gasteiger partial charge in [0.25, 0.3) is 5.91 Å². The van der Waals surface area contributed by atoms with Crippen molar-refractivity contribution in [3.8, 4) is 0 Å². The zero-order valence-electron chi connectivity index (χ0n) is 17.4. The quantitative estimate of drug-likeness (QED) is 0.301. The molecule has 0 bridgehead atoms. The highest BCUT2D eigenvalue weighted by atomic mass is 16.5. The molecule has 2 aliphatic rings. The van der Waals surface area contributed by atoms with E-state index in [-0.39, 0.29) is 12.0 Å². The summed E-state index contributed by atoms with van der Waals surface area (Å²) in [6.07, 6.45) is 5.03. The summed E-state index contributed by atoms with van der Waals surface area (Å²) in [4.78, 5) is 16.9. The molecule has 3 rings (SSSR count). The van der Waals surface area contributed by atoms with Crippen LogP contribution in [0.25, 0.3) is 0 Å². The van der Waals surface area contributed by atoms with Crippen LogP contribution in [0.2, 0.25) is 0 Å². The van der Waals surface area contributed by atoms with Gasteiger partial charge >= 0.3 is 0 Å². The van der Waals surface area contributed by atoms with Crippen LogP contribution in [0.3, 0.4) is 0 Å². The molecule has 1 heterocycles. The standard InChI is InChI=1S/C22H34N4O3/c1-2-23-22(24-11-5-12-28-16-17-9-10-17)25-15-18-6-3-7-19(14-18)26-21(27)20-8-4-13-29-20/h3,6-7,14,17,20H,2,4-5,8-13,15-16H2,1H3,(H,26,27)(H2,23,24,25). The first-order valence-electron chi connectivity index (χ1n) is 10.9. The molecule has 1 amide bonds. The Morgan fingerprint density at radius 1 is 1.28 bits per heavy atom. The molecular weight excluding hydrogens is 368 g/mol. The van der Waals surface area contributed by atoms with Crippen LogP contribution in [-0.4, -0.2) is 50.9 Å². The highest BCUT2D eigenvalue weighted by Gasteiger charge is 2.23. The van der Waals surface area contributed by atoms with Crippen molar-refractivity contribution >= 4 is 17.6 Å². The van der Waals surface area contributed by atoms with Crippen LogP contribution < -0.4 is 16.0 Å². The fourth-order valence-electron chi connectivity index (χ4n) is 3.18. The van der Waals surface area contributed by atoms with Gasteiger partial charge in [-0.05, 0) is 62.6 Å². The molecule has 1 aliphatic heterocycles. The molecule has 0 spiro atoms. The van der Waals surface area contributed by atoms with Gasteiger partial charge in [-0.1, -0.05) is 12.1 Å². The Morgan fingerprint density at radius 3 is 2.93 bits per heavy atom. The maximum absolute atomic E-state index is 12.2. The number of guanidine groups is 1. The Bertz CT molecular complexity index is 670. The van der Waals surface area contributed by atoms with Crippen LogP contribution >= 0.6 is 0 Å². The van der Waals surface area contributed by atoms with E-state index >= 15 is 0 Å². The van der Waals surface area contributed by atoms with Crippen LogP contribution in [0.4, 0.5) is 5.69 Å². The number of nitrogens with zero attached hydrogens (tertiary/aromatic N) is 1. The van der Waals surface area contributed by atoms with Crippen molar-refractivity contribution in [1.29, 1.82) is 0 Å². The van der Waals surface area contributed by atoms with Gasteiger partial charge in [-0.25, -0.2) is 4.99 Å². The van der Waals surface area contributed by atoms with Crippen molar-refractivity contribution < 1.29 is 14.3 Å². The molecule has 1 unspecified atom stereocenters. The third kappa shape index (κ3) is 8.03. The molecule has 2 fully saturated rings. The van der Waals surface area contributed by atoms with Gasteiger partial charge < -0.3 is 25.4 Å². The van der Waals surface area contributed by atoms with E-state index < -0.39 is 0 Å². The Labute approximate surface area is 173 Å². The lowest BCUT2D eigenvalue weighted by atomic mass is 10.2. The fourth-order valence-corrected chi connectivity index (χ4v) is 3.18. The molecule has 1 aromatic carbocycles. The van der Waals surface area contributed by atoms with Gasteiger partial charge in [0.2, 0.25) is 0 Å². The molecule has 1 aliphatic carbocycles. The topological polar surface area (TPSA) is 84.0 Å². The maximum atomic E-state index is 12.2. The number of benzene rings is 1. The number of anilines is 1. The van der Waals surface area contributed by atoms with Crippen molar-refractivity contribution in [3.63, 3.8) is 0 Å². The van der Waals surface area contributed by atoms with E-state index in [0.717, 1.165) is 68.7 Å². The summed E-state index contributed by atoms with van der Waals surface area (Å²) in [5.74, 6) is 1.54. The van der Waals surface area contributed by atoms with E-state index in [1.54, 1.807) is 0 Å². The van der Waals surface area contributed by atoms with Crippen molar-refractivity contribution in [3.05, 3.63) is 29.8 Å². The average Bonchev–Trinajstić information content (AvgIpc) is 3.38. The summed E-state index contributed by atoms with van der Waals surface area (Å²) in [7, 11) is 0. The first kappa shape index (κ1) is 21.6. The van der Waals surface area contributed by atoms with E-state index in [9.17, 15) is 4.79 Å². The third-order valence-corrected chi connectivity index (χ3v) is 4.99. The van der Waals surface area contributed by atoms with E-state index in [1.807, 2.05) is 24.3 Å². The first-order chi connectivity index (χ1) is 14.2. The minimum Gasteiger partial charge on any atom is -0.381 e. The summed E-state index contributed by atoms with van der Waals surface area (Å²) in [6.45, 7) is 6.59. The summed E-state index contributed by atoms with van der Waals surface area (Å²) >= 11 is 0. The zero-order valence-corrected chi connectivity index (χ0v) is 17.4. The molecule has 7 heteroatoms. The molecule has 1 aromatic rings. The van der Waals surface area contributed by atoms with E-state index in [1.165, 1.54) is 12.8 Å². The molecule has 1 saturated carbocycles. The maximum Gasteiger partial charge on any atom is 0.253 e. The monoisotopic (exact) mass is 402 g/mol. The number of nitrogens with one attached hydrogen (secondary N) is 3. The lowest BCUT2D eigenvalue weighted by Gasteiger charge is -2.12. The molecule has 7 nitrogen and oxygen atoms in total. The largest absolute Gasteiger partial charge is 0.381 e. The summed E-state index contributed by atoms with van der Waals surface area (Å²) in [6, 6.07) is 7.81. The van der Waals surface area contributed by atoms with Crippen LogP contribution in [0, 0.1) is 5.92 Å². The predicted molar refractivity (Wildman–Crippen MR) is 115 cm³/mol. The van der Waals surface area contributed by atoms with Gasteiger partial charge in [-0.2, -0.15) is 0 Å². The highest BCUT2D eigenvalue weighted by molar-refractivity contribution is 5.94. The van der Waals surface area contributed by atoms with Gasteiger partial charge in [-0.15, -0.1) is 0 Å². The van der Waals surface area contributed by atoms with Crippen molar-refractivity contribution in [1.82, 2.24) is 10.6 Å². The number of rotatable bonds is 11. The Hall–Kier alpha value is -2.12. The number of amides is 1. The normalized spacial score (nSPS) is 19.2. The molecule has 1 atom stereocenters. The van der Waals surface area contributed by atoms with E-state index in [0.29, 0.717) is 13.2 Å². The smallest absolute Gasteiger partial charge is 0.253 e. The molecule has 3 N–H and O–H groups in total. The SMILES string of the molecule is CCNC(=NCc1cccc(NC(=O)C2CCCO2)c1)NCCCOCC1CC1. The van der Waals surface area contributed by atoms with Crippen LogP contribution in [0.1, 0.15) is 44.6 Å². The van der Waals surface area contributed by atoms with Gasteiger partial charge in [-0.3, -0.25) is 4.79 Å². The molecular formula is C22H34N4O3. The van der Waals surface area contributed by atoms with Gasteiger partial charge in [0.15, 0.2) is 5.96 Å². The predicted octanol–water partition coefficient (Wildman–Crippen LogP) is 2.68. The molecule has 29 heavy (non-hydrogen) atoms. The van der Waals surface area contributed by atoms with Crippen molar-refractivity contribution in [2.75, 3.05) is 38.2 Å². The minimum atomic E-state index is -0.325. The van der Waals surface area contributed by atoms with Gasteiger partial charge in [0.05, 0.1) is 6.54 Å². The number of hydrogen-bond donors (Lipinski definition) is 3. The van der Waals surface area contributed by atoms with Gasteiger partial charge in [0, 0.05) is 38.6 Å². The zero-order chi connectivity index (χ0) is 20.3. The summed E-state index contributed by atoms with van der Waals surface area (Å²) in [5, 5.41) is 9.56. The summed E-state index contributed by atoms with van der Waals surface area (Å²) < 4.78 is 11.1. The van der Waals surface area contributed by atoms with Crippen molar-refractivity contribution in [2.24, 2.45) is 10.9 Å². The first-order valence-corrected chi connectivity index (χ1v) is 10.9. The van der Waals surface area contributed by atoms with Crippen LogP contribution in [0.5, 0.6) is 0 Å². The Kier molecular flexibility index (Phi) is 8.77. The fraction of sp³-hybridized carbons (Fsp3) is 0.636. The number of aliphatic imine (C=N–C) groups is 1. The Morgan fingerprint density at radius 2 is 2.17 bits per heavy atom. The molecule has 0 aromatic heterocycles. The van der Waals surface area contributed by atoms with Crippen LogP contribution in [0.15, 0.2) is 29.3 Å². The molecule has 160 valence electrons. The Balaban J connectivity index is 1.43. The van der Waals surface area contributed by atoms with E-state index in [4.69, 9.17) is 9.47 Å². The average molecular weight is 403 g/mol. The highest BCUT2D eigenvalue weighted by Crippen LogP contribution is 2.28. The minimum absolute atomic E-state index is 0.0675. The second-order valence-corrected chi connectivity index (χ2v) is 7.69. The second kappa shape index (κ2) is 11.8. The van der Waals surface area contributed by atoms with Crippen LogP contribution in [-0.2, 0) is 20.8 Å². The van der Waals surface area contributed by atoms with Gasteiger partial charge in [0.1, 0.15) is 6.10 Å². The molecule has 0 radical (unpaired) electrons. The third-order valence-electron chi connectivity index (χ3n) is 4.99. The number of hydrogen-bond acceptors (Lipinski definition) is 4. The number of carbonyl (C=O) groups is 1. The van der Waals surface area contributed by atoms with Crippen molar-refractivity contribution in [2.45, 2.75) is 51.7 Å².